The van der Waals surface area contributed by atoms with Gasteiger partial charge in [0, 0.05) is 30.4 Å². The second-order valence-electron chi connectivity index (χ2n) is 5.47. The summed E-state index contributed by atoms with van der Waals surface area (Å²) in [6.07, 6.45) is 5.34. The number of carbonyl (C=O) groups is 1. The molecule has 0 fully saturated rings. The molecular weight excluding hydrogens is 272 g/mol. The van der Waals surface area contributed by atoms with Gasteiger partial charge in [-0.2, -0.15) is 0 Å². The summed E-state index contributed by atoms with van der Waals surface area (Å²) in [4.78, 5) is 16.5. The molecule has 110 valence electrons. The minimum Gasteiger partial charge on any atom is -0.337 e. The molecule has 3 aromatic rings. The second kappa shape index (κ2) is 6.39. The van der Waals surface area contributed by atoms with Gasteiger partial charge in [-0.05, 0) is 11.1 Å². The van der Waals surface area contributed by atoms with Gasteiger partial charge in [0.15, 0.2) is 5.78 Å². The molecule has 0 N–H and O–H groups in total. The molecule has 0 spiro atoms. The molecule has 1 atom stereocenters. The van der Waals surface area contributed by atoms with Crippen LogP contribution < -0.4 is 0 Å². The third-order valence-corrected chi connectivity index (χ3v) is 3.77. The third-order valence-electron chi connectivity index (χ3n) is 3.77. The van der Waals surface area contributed by atoms with E-state index >= 15 is 0 Å². The molecule has 1 aromatic heterocycles. The van der Waals surface area contributed by atoms with E-state index in [1.807, 2.05) is 60.2 Å². The number of Topliss-reactive ketones (excluding diaryl/α,β-unsaturated/α-hetero) is 1. The van der Waals surface area contributed by atoms with E-state index in [1.165, 1.54) is 0 Å². The van der Waals surface area contributed by atoms with Crippen molar-refractivity contribution in [2.75, 3.05) is 0 Å². The van der Waals surface area contributed by atoms with Crippen molar-refractivity contribution >= 4 is 5.78 Å². The molecule has 0 amide bonds. The highest BCUT2D eigenvalue weighted by molar-refractivity contribution is 5.98. The fourth-order valence-corrected chi connectivity index (χ4v) is 2.54. The van der Waals surface area contributed by atoms with Crippen LogP contribution in [-0.4, -0.2) is 15.3 Å². The molecule has 0 saturated carbocycles. The van der Waals surface area contributed by atoms with Crippen molar-refractivity contribution in [1.29, 1.82) is 0 Å². The third kappa shape index (κ3) is 3.14. The van der Waals surface area contributed by atoms with Crippen LogP contribution in [0.5, 0.6) is 0 Å². The lowest BCUT2D eigenvalue weighted by Gasteiger charge is -2.11. The number of hydrogen-bond donors (Lipinski definition) is 0. The topological polar surface area (TPSA) is 34.9 Å². The van der Waals surface area contributed by atoms with Crippen LogP contribution in [0.4, 0.5) is 0 Å². The molecule has 0 aliphatic heterocycles. The van der Waals surface area contributed by atoms with E-state index in [9.17, 15) is 4.79 Å². The van der Waals surface area contributed by atoms with Crippen LogP contribution in [0.15, 0.2) is 73.3 Å². The number of imidazole rings is 1. The predicted molar refractivity (Wildman–Crippen MR) is 87.6 cm³/mol. The summed E-state index contributed by atoms with van der Waals surface area (Å²) in [5.41, 5.74) is 3.04. The molecule has 3 rings (SSSR count). The first-order valence-corrected chi connectivity index (χ1v) is 7.39. The van der Waals surface area contributed by atoms with Gasteiger partial charge in [0.1, 0.15) is 0 Å². The van der Waals surface area contributed by atoms with Gasteiger partial charge in [-0.15, -0.1) is 0 Å². The lowest BCUT2D eigenvalue weighted by atomic mass is 9.97. The smallest absolute Gasteiger partial charge is 0.167 e. The van der Waals surface area contributed by atoms with Gasteiger partial charge in [-0.1, -0.05) is 61.5 Å². The van der Waals surface area contributed by atoms with Crippen molar-refractivity contribution in [3.05, 3.63) is 78.9 Å². The van der Waals surface area contributed by atoms with Crippen LogP contribution >= 0.6 is 0 Å². The highest BCUT2D eigenvalue weighted by Gasteiger charge is 2.15. The highest BCUT2D eigenvalue weighted by atomic mass is 16.1. The molecule has 0 aliphatic carbocycles. The molecule has 2 aromatic carbocycles. The molecule has 0 radical (unpaired) electrons. The SMILES string of the molecule is C[C@H](Cn1ccnc1)C(=O)c1ccc(-c2ccccc2)cc1. The van der Waals surface area contributed by atoms with Gasteiger partial charge in [0.25, 0.3) is 0 Å². The summed E-state index contributed by atoms with van der Waals surface area (Å²) >= 11 is 0. The Morgan fingerprint density at radius 1 is 1.05 bits per heavy atom. The van der Waals surface area contributed by atoms with Crippen LogP contribution in [0.1, 0.15) is 17.3 Å². The van der Waals surface area contributed by atoms with Crippen LogP contribution in [-0.2, 0) is 6.54 Å². The summed E-state index contributed by atoms with van der Waals surface area (Å²) in [5.74, 6) is 0.0880. The van der Waals surface area contributed by atoms with E-state index in [0.717, 1.165) is 16.7 Å². The summed E-state index contributed by atoms with van der Waals surface area (Å²) in [7, 11) is 0. The van der Waals surface area contributed by atoms with Crippen molar-refractivity contribution in [2.24, 2.45) is 5.92 Å². The number of carbonyl (C=O) groups excluding carboxylic acids is 1. The van der Waals surface area contributed by atoms with Crippen LogP contribution in [0.3, 0.4) is 0 Å². The number of rotatable bonds is 5. The summed E-state index contributed by atoms with van der Waals surface area (Å²) in [6, 6.07) is 18.0. The van der Waals surface area contributed by atoms with Crippen LogP contribution in [0, 0.1) is 5.92 Å². The summed E-state index contributed by atoms with van der Waals surface area (Å²) in [6.45, 7) is 2.60. The minimum atomic E-state index is -0.0724. The fraction of sp³-hybridized carbons (Fsp3) is 0.158. The second-order valence-corrected chi connectivity index (χ2v) is 5.47. The predicted octanol–water partition coefficient (Wildman–Crippen LogP) is 4.07. The lowest BCUT2D eigenvalue weighted by molar-refractivity contribution is 0.0918. The Labute approximate surface area is 130 Å². The number of ketones is 1. The maximum absolute atomic E-state index is 12.5. The normalized spacial score (nSPS) is 12.0. The Morgan fingerprint density at radius 3 is 2.36 bits per heavy atom. The first-order valence-electron chi connectivity index (χ1n) is 7.39. The molecule has 1 heterocycles. The Balaban J connectivity index is 1.73. The van der Waals surface area contributed by atoms with E-state index in [-0.39, 0.29) is 11.7 Å². The Hall–Kier alpha value is -2.68. The zero-order valence-electron chi connectivity index (χ0n) is 12.5. The Bertz CT molecular complexity index is 731. The average molecular weight is 290 g/mol. The molecule has 3 heteroatoms. The van der Waals surface area contributed by atoms with Gasteiger partial charge >= 0.3 is 0 Å². The highest BCUT2D eigenvalue weighted by Crippen LogP contribution is 2.20. The Morgan fingerprint density at radius 2 is 1.73 bits per heavy atom. The van der Waals surface area contributed by atoms with Gasteiger partial charge < -0.3 is 4.57 Å². The molecule has 0 saturated heterocycles. The molecule has 3 nitrogen and oxygen atoms in total. The zero-order valence-corrected chi connectivity index (χ0v) is 12.5. The maximum atomic E-state index is 12.5. The number of hydrogen-bond acceptors (Lipinski definition) is 2. The quantitative estimate of drug-likeness (QED) is 0.664. The van der Waals surface area contributed by atoms with Crippen molar-refractivity contribution < 1.29 is 4.79 Å². The number of aromatic nitrogens is 2. The van der Waals surface area contributed by atoms with Gasteiger partial charge in [0.2, 0.25) is 0 Å². The lowest BCUT2D eigenvalue weighted by Crippen LogP contribution is -2.17. The fourth-order valence-electron chi connectivity index (χ4n) is 2.54. The maximum Gasteiger partial charge on any atom is 0.167 e. The number of nitrogens with zero attached hydrogens (tertiary/aromatic N) is 2. The van der Waals surface area contributed by atoms with Crippen molar-refractivity contribution in [2.45, 2.75) is 13.5 Å². The van der Waals surface area contributed by atoms with E-state index in [0.29, 0.717) is 6.54 Å². The van der Waals surface area contributed by atoms with Gasteiger partial charge in [-0.25, -0.2) is 4.98 Å². The Kier molecular flexibility index (Phi) is 4.15. The van der Waals surface area contributed by atoms with Gasteiger partial charge in [-0.3, -0.25) is 4.79 Å². The first-order chi connectivity index (χ1) is 10.7. The molecule has 0 unspecified atom stereocenters. The van der Waals surface area contributed by atoms with Crippen molar-refractivity contribution in [3.63, 3.8) is 0 Å². The standard InChI is InChI=1S/C19H18N2O/c1-15(13-21-12-11-20-14-21)19(22)18-9-7-17(8-10-18)16-5-3-2-4-6-16/h2-12,14-15H,13H2,1H3/t15-/m1/s1. The summed E-state index contributed by atoms with van der Waals surface area (Å²) in [5, 5.41) is 0. The largest absolute Gasteiger partial charge is 0.337 e. The van der Waals surface area contributed by atoms with Crippen molar-refractivity contribution in [3.8, 4) is 11.1 Å². The van der Waals surface area contributed by atoms with Crippen molar-refractivity contribution in [1.82, 2.24) is 9.55 Å². The van der Waals surface area contributed by atoms with E-state index in [1.54, 1.807) is 12.5 Å². The monoisotopic (exact) mass is 290 g/mol. The van der Waals surface area contributed by atoms with Crippen LogP contribution in [0.2, 0.25) is 0 Å². The minimum absolute atomic E-state index is 0.0724. The molecule has 0 bridgehead atoms. The number of benzene rings is 2. The zero-order chi connectivity index (χ0) is 15.4. The van der Waals surface area contributed by atoms with E-state index in [2.05, 4.69) is 17.1 Å². The molecule has 0 aliphatic rings. The molecular formula is C19H18N2O. The average Bonchev–Trinajstić information content (AvgIpc) is 3.08. The van der Waals surface area contributed by atoms with E-state index < -0.39 is 0 Å². The van der Waals surface area contributed by atoms with Gasteiger partial charge in [0.05, 0.1) is 6.33 Å². The van der Waals surface area contributed by atoms with Crippen LogP contribution in [0.25, 0.3) is 11.1 Å². The summed E-state index contributed by atoms with van der Waals surface area (Å²) < 4.78 is 1.93. The molecule has 22 heavy (non-hydrogen) atoms. The first kappa shape index (κ1) is 14.3. The van der Waals surface area contributed by atoms with E-state index in [4.69, 9.17) is 0 Å².